The van der Waals surface area contributed by atoms with Crippen molar-refractivity contribution < 1.29 is 4.79 Å². The Morgan fingerprint density at radius 1 is 1.00 bits per heavy atom. The van der Waals surface area contributed by atoms with Gasteiger partial charge in [-0.1, -0.05) is 53.5 Å². The first-order valence-corrected chi connectivity index (χ1v) is 6.75. The van der Waals surface area contributed by atoms with E-state index in [-0.39, 0.29) is 10.3 Å². The molecule has 5 nitrogen and oxygen atoms in total. The normalized spacial score (nSPS) is 10.6. The van der Waals surface area contributed by atoms with Crippen LogP contribution in [0.1, 0.15) is 10.4 Å². The van der Waals surface area contributed by atoms with Crippen LogP contribution in [-0.4, -0.2) is 26.3 Å². The second-order valence-corrected chi connectivity index (χ2v) is 4.91. The fraction of sp³-hybridized carbons (Fsp3) is 0. The first-order valence-electron chi connectivity index (χ1n) is 5.99. The van der Waals surface area contributed by atoms with Crippen molar-refractivity contribution in [3.63, 3.8) is 0 Å². The Bertz CT molecular complexity index is 785. The Hall–Kier alpha value is -2.24. The Kier molecular flexibility index (Phi) is 3.68. The summed E-state index contributed by atoms with van der Waals surface area (Å²) in [6, 6.07) is 12.5. The molecule has 0 aliphatic carbocycles. The van der Waals surface area contributed by atoms with Crippen LogP contribution in [0.2, 0.25) is 10.3 Å². The molecule has 104 valence electrons. The van der Waals surface area contributed by atoms with Crippen LogP contribution in [0.15, 0.2) is 42.5 Å². The lowest BCUT2D eigenvalue weighted by Crippen LogP contribution is -2.01. The number of halogens is 2. The maximum absolute atomic E-state index is 11.3. The predicted molar refractivity (Wildman–Crippen MR) is 80.0 cm³/mol. The van der Waals surface area contributed by atoms with Gasteiger partial charge in [0.2, 0.25) is 0 Å². The van der Waals surface area contributed by atoms with Gasteiger partial charge in [0.15, 0.2) is 17.3 Å². The van der Waals surface area contributed by atoms with Crippen molar-refractivity contribution in [3.05, 3.63) is 58.3 Å². The highest BCUT2D eigenvalue weighted by atomic mass is 35.5. The van der Waals surface area contributed by atoms with E-state index in [0.717, 1.165) is 5.56 Å². The third-order valence-electron chi connectivity index (χ3n) is 2.86. The van der Waals surface area contributed by atoms with Gasteiger partial charge in [0, 0.05) is 5.56 Å². The molecule has 0 amide bonds. The van der Waals surface area contributed by atoms with E-state index in [0.29, 0.717) is 23.4 Å². The van der Waals surface area contributed by atoms with Gasteiger partial charge in [0.1, 0.15) is 10.8 Å². The van der Waals surface area contributed by atoms with Crippen molar-refractivity contribution in [2.75, 3.05) is 0 Å². The van der Waals surface area contributed by atoms with Crippen molar-refractivity contribution in [2.24, 2.45) is 0 Å². The van der Waals surface area contributed by atoms with Gasteiger partial charge in [0.05, 0.1) is 5.56 Å². The Morgan fingerprint density at radius 2 is 1.76 bits per heavy atom. The van der Waals surface area contributed by atoms with Crippen molar-refractivity contribution in [3.8, 4) is 17.1 Å². The number of carbonyl (C=O) groups is 1. The molecule has 3 aromatic rings. The lowest BCUT2D eigenvalue weighted by atomic mass is 10.1. The van der Waals surface area contributed by atoms with Crippen LogP contribution in [0.4, 0.5) is 0 Å². The van der Waals surface area contributed by atoms with Gasteiger partial charge in [-0.05, 0) is 12.1 Å². The third-order valence-corrected chi connectivity index (χ3v) is 3.43. The third kappa shape index (κ3) is 2.53. The maximum Gasteiger partial charge on any atom is 0.177 e. The molecular weight excluding hydrogens is 311 g/mol. The van der Waals surface area contributed by atoms with E-state index in [1.54, 1.807) is 12.1 Å². The molecule has 21 heavy (non-hydrogen) atoms. The molecule has 0 N–H and O–H groups in total. The molecule has 0 saturated carbocycles. The Labute approximate surface area is 130 Å². The molecule has 0 atom stereocenters. The van der Waals surface area contributed by atoms with Gasteiger partial charge in [-0.25, -0.2) is 4.68 Å². The topological polar surface area (TPSA) is 60.7 Å². The number of hydrogen-bond donors (Lipinski definition) is 0. The van der Waals surface area contributed by atoms with Crippen molar-refractivity contribution in [1.82, 2.24) is 20.0 Å². The molecule has 0 unspecified atom stereocenters. The molecule has 3 rings (SSSR count). The molecule has 0 radical (unpaired) electrons. The summed E-state index contributed by atoms with van der Waals surface area (Å²) in [5.41, 5.74) is 1.59. The van der Waals surface area contributed by atoms with Crippen molar-refractivity contribution >= 4 is 29.5 Å². The predicted octanol–water partition coefficient (Wildman–Crippen LogP) is 3.45. The highest BCUT2D eigenvalue weighted by molar-refractivity contribution is 6.32. The summed E-state index contributed by atoms with van der Waals surface area (Å²) in [5.74, 6) is 0.384. The molecule has 0 fully saturated rings. The first kappa shape index (κ1) is 13.7. The molecule has 1 aromatic carbocycles. The second kappa shape index (κ2) is 5.63. The van der Waals surface area contributed by atoms with E-state index >= 15 is 0 Å². The minimum absolute atomic E-state index is 0.181. The van der Waals surface area contributed by atoms with Gasteiger partial charge < -0.3 is 0 Å². The summed E-state index contributed by atoms with van der Waals surface area (Å²) in [4.78, 5) is 11.3. The number of aldehydes is 1. The zero-order valence-corrected chi connectivity index (χ0v) is 12.1. The molecular formula is C14H8Cl2N4O. The quantitative estimate of drug-likeness (QED) is 0.694. The molecule has 0 saturated heterocycles. The van der Waals surface area contributed by atoms with Crippen molar-refractivity contribution in [2.45, 2.75) is 0 Å². The average Bonchev–Trinajstić information content (AvgIpc) is 2.86. The smallest absolute Gasteiger partial charge is 0.177 e. The van der Waals surface area contributed by atoms with Crippen LogP contribution < -0.4 is 0 Å². The molecule has 0 bridgehead atoms. The monoisotopic (exact) mass is 318 g/mol. The summed E-state index contributed by atoms with van der Waals surface area (Å²) in [6.45, 7) is 0. The van der Waals surface area contributed by atoms with Crippen LogP contribution in [0.25, 0.3) is 17.1 Å². The Morgan fingerprint density at radius 3 is 2.38 bits per heavy atom. The summed E-state index contributed by atoms with van der Waals surface area (Å²) < 4.78 is 1.36. The van der Waals surface area contributed by atoms with Crippen LogP contribution in [0, 0.1) is 0 Å². The summed E-state index contributed by atoms with van der Waals surface area (Å²) in [6.07, 6.45) is 0.678. The maximum atomic E-state index is 11.3. The van der Waals surface area contributed by atoms with Gasteiger partial charge in [0.25, 0.3) is 0 Å². The minimum Gasteiger partial charge on any atom is -0.298 e. The number of rotatable bonds is 3. The average molecular weight is 319 g/mol. The van der Waals surface area contributed by atoms with Crippen LogP contribution in [0.3, 0.4) is 0 Å². The van der Waals surface area contributed by atoms with Crippen molar-refractivity contribution in [1.29, 1.82) is 0 Å². The molecule has 0 spiro atoms. The summed E-state index contributed by atoms with van der Waals surface area (Å²) in [7, 11) is 0. The number of nitrogens with zero attached hydrogens (tertiary/aromatic N) is 4. The van der Waals surface area contributed by atoms with E-state index in [4.69, 9.17) is 23.2 Å². The van der Waals surface area contributed by atoms with E-state index in [9.17, 15) is 4.79 Å². The summed E-state index contributed by atoms with van der Waals surface area (Å²) in [5, 5.41) is 12.5. The summed E-state index contributed by atoms with van der Waals surface area (Å²) >= 11 is 11.9. The van der Waals surface area contributed by atoms with E-state index in [2.05, 4.69) is 15.3 Å². The fourth-order valence-electron chi connectivity index (χ4n) is 1.90. The van der Waals surface area contributed by atoms with E-state index < -0.39 is 0 Å². The van der Waals surface area contributed by atoms with Gasteiger partial charge in [-0.2, -0.15) is 5.10 Å². The zero-order chi connectivity index (χ0) is 14.8. The van der Waals surface area contributed by atoms with E-state index in [1.165, 1.54) is 4.68 Å². The molecule has 7 heteroatoms. The largest absolute Gasteiger partial charge is 0.298 e. The van der Waals surface area contributed by atoms with Gasteiger partial charge >= 0.3 is 0 Å². The molecule has 0 aliphatic heterocycles. The molecule has 0 aliphatic rings. The lowest BCUT2D eigenvalue weighted by Gasteiger charge is -2.00. The fourth-order valence-corrected chi connectivity index (χ4v) is 2.26. The number of hydrogen-bond acceptors (Lipinski definition) is 4. The van der Waals surface area contributed by atoms with Gasteiger partial charge in [-0.3, -0.25) is 4.79 Å². The highest BCUT2D eigenvalue weighted by Gasteiger charge is 2.19. The lowest BCUT2D eigenvalue weighted by molar-refractivity contribution is 0.112. The van der Waals surface area contributed by atoms with E-state index in [1.807, 2.05) is 30.3 Å². The Balaban J connectivity index is 2.18. The number of aromatic nitrogens is 4. The van der Waals surface area contributed by atoms with Crippen LogP contribution in [0.5, 0.6) is 0 Å². The van der Waals surface area contributed by atoms with Crippen LogP contribution >= 0.6 is 23.2 Å². The molecule has 2 aromatic heterocycles. The zero-order valence-electron chi connectivity index (χ0n) is 10.6. The molecule has 2 heterocycles. The highest BCUT2D eigenvalue weighted by Crippen LogP contribution is 2.28. The van der Waals surface area contributed by atoms with Gasteiger partial charge in [-0.15, -0.1) is 10.2 Å². The SMILES string of the molecule is O=Cc1c(-c2ccccc2)nn(-c2ccc(Cl)nn2)c1Cl. The standard InChI is InChI=1S/C14H8Cl2N4O/c15-11-6-7-12(18-17-11)20-14(16)10(8-21)13(19-20)9-4-2-1-3-5-9/h1-8H. The first-order chi connectivity index (χ1) is 10.2. The second-order valence-electron chi connectivity index (χ2n) is 4.16. The number of benzene rings is 1. The minimum atomic E-state index is 0.181. The number of carbonyl (C=O) groups excluding carboxylic acids is 1. The van der Waals surface area contributed by atoms with Crippen LogP contribution in [-0.2, 0) is 0 Å².